The number of nitrogens with two attached hydrogens (primary N) is 1. The zero-order chi connectivity index (χ0) is 11.4. The normalized spacial score (nSPS) is 10.1. The van der Waals surface area contributed by atoms with Crippen molar-refractivity contribution < 1.29 is 0 Å². The average molecular weight is 234 g/mol. The summed E-state index contributed by atoms with van der Waals surface area (Å²) in [5.41, 5.74) is 7.46. The van der Waals surface area contributed by atoms with Crippen LogP contribution in [0.2, 0.25) is 5.02 Å². The third-order valence-corrected chi connectivity index (χ3v) is 2.36. The Labute approximate surface area is 99.3 Å². The number of rotatable bonds is 3. The van der Waals surface area contributed by atoms with E-state index in [4.69, 9.17) is 17.3 Å². The molecule has 0 fully saturated rings. The minimum Gasteiger partial charge on any atom is -0.384 e. The molecule has 0 atom stereocenters. The molecule has 0 aliphatic rings. The Kier molecular flexibility index (Phi) is 3.27. The molecule has 2 aromatic rings. The largest absolute Gasteiger partial charge is 0.384 e. The third kappa shape index (κ3) is 2.87. The van der Waals surface area contributed by atoms with E-state index in [0.717, 1.165) is 11.4 Å². The summed E-state index contributed by atoms with van der Waals surface area (Å²) in [6.07, 6.45) is 0. The van der Waals surface area contributed by atoms with Crippen LogP contribution in [-0.2, 0) is 6.54 Å². The van der Waals surface area contributed by atoms with E-state index in [9.17, 15) is 0 Å². The lowest BCUT2D eigenvalue weighted by atomic mass is 10.3. The minimum atomic E-state index is 0.533. The number of nitrogens with zero attached hydrogens (tertiary/aromatic N) is 1. The highest BCUT2D eigenvalue weighted by atomic mass is 35.5. The van der Waals surface area contributed by atoms with Crippen molar-refractivity contribution in [2.75, 3.05) is 11.1 Å². The molecule has 0 amide bonds. The van der Waals surface area contributed by atoms with Crippen LogP contribution in [0.1, 0.15) is 5.69 Å². The molecule has 0 aliphatic heterocycles. The van der Waals surface area contributed by atoms with Crippen molar-refractivity contribution in [1.82, 2.24) is 4.98 Å². The van der Waals surface area contributed by atoms with Crippen molar-refractivity contribution in [2.45, 2.75) is 6.54 Å². The second-order valence-corrected chi connectivity index (χ2v) is 3.85. The Morgan fingerprint density at radius 2 is 2.00 bits per heavy atom. The quantitative estimate of drug-likeness (QED) is 0.857. The predicted molar refractivity (Wildman–Crippen MR) is 67.4 cm³/mol. The van der Waals surface area contributed by atoms with E-state index < -0.39 is 0 Å². The molecule has 16 heavy (non-hydrogen) atoms. The van der Waals surface area contributed by atoms with Gasteiger partial charge >= 0.3 is 0 Å². The Morgan fingerprint density at radius 3 is 2.75 bits per heavy atom. The highest BCUT2D eigenvalue weighted by Gasteiger charge is 1.96. The first-order chi connectivity index (χ1) is 7.74. The lowest BCUT2D eigenvalue weighted by Gasteiger charge is -2.06. The van der Waals surface area contributed by atoms with Gasteiger partial charge in [0.05, 0.1) is 12.2 Å². The number of benzene rings is 1. The van der Waals surface area contributed by atoms with Crippen molar-refractivity contribution in [3.63, 3.8) is 0 Å². The van der Waals surface area contributed by atoms with E-state index in [1.54, 1.807) is 6.07 Å². The Morgan fingerprint density at radius 1 is 1.19 bits per heavy atom. The fraction of sp³-hybridized carbons (Fsp3) is 0.0833. The third-order valence-electron chi connectivity index (χ3n) is 2.13. The van der Waals surface area contributed by atoms with Crippen LogP contribution in [0, 0.1) is 0 Å². The second-order valence-electron chi connectivity index (χ2n) is 3.42. The van der Waals surface area contributed by atoms with Gasteiger partial charge in [0.2, 0.25) is 0 Å². The van der Waals surface area contributed by atoms with Gasteiger partial charge in [-0.25, -0.2) is 4.98 Å². The van der Waals surface area contributed by atoms with Gasteiger partial charge in [-0.2, -0.15) is 0 Å². The van der Waals surface area contributed by atoms with E-state index in [0.29, 0.717) is 17.4 Å². The molecule has 3 N–H and O–H groups in total. The molecule has 1 aromatic heterocycles. The van der Waals surface area contributed by atoms with Crippen LogP contribution in [0.25, 0.3) is 0 Å². The molecule has 0 saturated heterocycles. The van der Waals surface area contributed by atoms with Crippen molar-refractivity contribution in [3.8, 4) is 0 Å². The van der Waals surface area contributed by atoms with Crippen LogP contribution in [0.15, 0.2) is 42.5 Å². The van der Waals surface area contributed by atoms with Gasteiger partial charge in [0.15, 0.2) is 0 Å². The number of anilines is 2. The topological polar surface area (TPSA) is 50.9 Å². The van der Waals surface area contributed by atoms with Gasteiger partial charge in [0.1, 0.15) is 5.82 Å². The van der Waals surface area contributed by atoms with Gasteiger partial charge < -0.3 is 11.1 Å². The summed E-state index contributed by atoms with van der Waals surface area (Å²) in [6.45, 7) is 0.630. The number of pyridine rings is 1. The fourth-order valence-corrected chi connectivity index (χ4v) is 1.58. The SMILES string of the molecule is Nc1cccc(CNc2cccc(Cl)c2)n1. The number of nitrogens with one attached hydrogen (secondary N) is 1. The van der Waals surface area contributed by atoms with Crippen molar-refractivity contribution >= 4 is 23.1 Å². The first-order valence-electron chi connectivity index (χ1n) is 4.95. The Bertz CT molecular complexity index is 440. The van der Waals surface area contributed by atoms with Crippen LogP contribution in [0.4, 0.5) is 11.5 Å². The molecule has 0 unspecified atom stereocenters. The van der Waals surface area contributed by atoms with E-state index in [2.05, 4.69) is 10.3 Å². The summed E-state index contributed by atoms with van der Waals surface area (Å²) in [5.74, 6) is 0.533. The van der Waals surface area contributed by atoms with Crippen molar-refractivity contribution in [1.29, 1.82) is 0 Å². The van der Waals surface area contributed by atoms with Crippen LogP contribution >= 0.6 is 11.6 Å². The summed E-state index contributed by atoms with van der Waals surface area (Å²) in [4.78, 5) is 4.19. The van der Waals surface area contributed by atoms with Crippen molar-refractivity contribution in [3.05, 3.63) is 53.2 Å². The summed E-state index contributed by atoms with van der Waals surface area (Å²) in [6, 6.07) is 13.1. The highest BCUT2D eigenvalue weighted by molar-refractivity contribution is 6.30. The van der Waals surface area contributed by atoms with Crippen LogP contribution in [0.3, 0.4) is 0 Å². The van der Waals surface area contributed by atoms with Crippen LogP contribution in [-0.4, -0.2) is 4.98 Å². The summed E-state index contributed by atoms with van der Waals surface area (Å²) >= 11 is 5.88. The van der Waals surface area contributed by atoms with Gasteiger partial charge in [0.25, 0.3) is 0 Å². The minimum absolute atomic E-state index is 0.533. The number of aromatic nitrogens is 1. The molecule has 82 valence electrons. The number of hydrogen-bond acceptors (Lipinski definition) is 3. The van der Waals surface area contributed by atoms with Gasteiger partial charge in [-0.3, -0.25) is 0 Å². The molecular weight excluding hydrogens is 222 g/mol. The molecule has 1 aromatic carbocycles. The zero-order valence-corrected chi connectivity index (χ0v) is 9.41. The predicted octanol–water partition coefficient (Wildman–Crippen LogP) is 2.93. The van der Waals surface area contributed by atoms with Crippen LogP contribution in [0.5, 0.6) is 0 Å². The van der Waals surface area contributed by atoms with Crippen LogP contribution < -0.4 is 11.1 Å². The molecule has 0 spiro atoms. The van der Waals surface area contributed by atoms with Gasteiger partial charge in [-0.15, -0.1) is 0 Å². The molecule has 0 aliphatic carbocycles. The second kappa shape index (κ2) is 4.86. The average Bonchev–Trinajstić information content (AvgIpc) is 2.27. The molecule has 4 heteroatoms. The number of hydrogen-bond donors (Lipinski definition) is 2. The summed E-state index contributed by atoms with van der Waals surface area (Å²) < 4.78 is 0. The Balaban J connectivity index is 2.02. The standard InChI is InChI=1S/C12H12ClN3/c13-9-3-1-4-10(7-9)15-8-11-5-2-6-12(14)16-11/h1-7,15H,8H2,(H2,14,16). The first-order valence-corrected chi connectivity index (χ1v) is 5.33. The fourth-order valence-electron chi connectivity index (χ4n) is 1.39. The lowest BCUT2D eigenvalue weighted by Crippen LogP contribution is -2.02. The smallest absolute Gasteiger partial charge is 0.123 e. The van der Waals surface area contributed by atoms with E-state index in [1.165, 1.54) is 0 Å². The maximum atomic E-state index is 5.88. The molecular formula is C12H12ClN3. The van der Waals surface area contributed by atoms with Gasteiger partial charge in [0, 0.05) is 10.7 Å². The molecule has 0 saturated carbocycles. The number of halogens is 1. The van der Waals surface area contributed by atoms with E-state index in [1.807, 2.05) is 36.4 Å². The van der Waals surface area contributed by atoms with Gasteiger partial charge in [-0.05, 0) is 30.3 Å². The summed E-state index contributed by atoms with van der Waals surface area (Å²) in [5, 5.41) is 3.94. The molecule has 0 radical (unpaired) electrons. The van der Waals surface area contributed by atoms with Gasteiger partial charge in [-0.1, -0.05) is 23.7 Å². The van der Waals surface area contributed by atoms with Crippen molar-refractivity contribution in [2.24, 2.45) is 0 Å². The van der Waals surface area contributed by atoms with E-state index in [-0.39, 0.29) is 0 Å². The van der Waals surface area contributed by atoms with E-state index >= 15 is 0 Å². The highest BCUT2D eigenvalue weighted by Crippen LogP contribution is 2.15. The molecule has 3 nitrogen and oxygen atoms in total. The maximum Gasteiger partial charge on any atom is 0.123 e. The molecule has 0 bridgehead atoms. The first kappa shape index (κ1) is 10.8. The monoisotopic (exact) mass is 233 g/mol. The molecule has 1 heterocycles. The summed E-state index contributed by atoms with van der Waals surface area (Å²) in [7, 11) is 0. The zero-order valence-electron chi connectivity index (χ0n) is 8.65. The molecule has 2 rings (SSSR count). The Hall–Kier alpha value is -1.74. The number of nitrogen functional groups attached to an aromatic ring is 1. The maximum absolute atomic E-state index is 5.88. The lowest BCUT2D eigenvalue weighted by molar-refractivity contribution is 1.05.